The molecule has 9 nitrogen and oxygen atoms in total. The molecular weight excluding hydrogens is 396 g/mol. The Labute approximate surface area is 171 Å². The van der Waals surface area contributed by atoms with Gasteiger partial charge in [0.2, 0.25) is 6.29 Å². The lowest BCUT2D eigenvalue weighted by Gasteiger charge is -2.38. The summed E-state index contributed by atoms with van der Waals surface area (Å²) < 4.78 is 16.5. The van der Waals surface area contributed by atoms with Gasteiger partial charge in [0.15, 0.2) is 6.10 Å². The molecule has 30 heavy (non-hydrogen) atoms. The van der Waals surface area contributed by atoms with Crippen molar-refractivity contribution in [1.82, 2.24) is 0 Å². The molecule has 0 bridgehead atoms. The fourth-order valence-corrected chi connectivity index (χ4v) is 3.67. The largest absolute Gasteiger partial charge is 0.508 e. The third-order valence-electron chi connectivity index (χ3n) is 5.37. The number of aliphatic hydroxyl groups excluding tert-OH is 3. The van der Waals surface area contributed by atoms with E-state index in [2.05, 4.69) is 0 Å². The van der Waals surface area contributed by atoms with Crippen LogP contribution in [0.4, 0.5) is 0 Å². The van der Waals surface area contributed by atoms with E-state index in [1.54, 1.807) is 30.3 Å². The van der Waals surface area contributed by atoms with Gasteiger partial charge in [0, 0.05) is 12.0 Å². The van der Waals surface area contributed by atoms with Crippen molar-refractivity contribution >= 4 is 5.97 Å². The van der Waals surface area contributed by atoms with Crippen LogP contribution in [0.3, 0.4) is 0 Å². The summed E-state index contributed by atoms with van der Waals surface area (Å²) in [6, 6.07) is 12.0. The first-order valence-corrected chi connectivity index (χ1v) is 9.47. The van der Waals surface area contributed by atoms with E-state index in [0.29, 0.717) is 12.4 Å². The second kappa shape index (κ2) is 8.11. The Morgan fingerprint density at radius 2 is 1.73 bits per heavy atom. The molecule has 0 unspecified atom stereocenters. The molecule has 2 aliphatic heterocycles. The van der Waals surface area contributed by atoms with Crippen molar-refractivity contribution in [2.75, 3.05) is 6.61 Å². The zero-order valence-corrected chi connectivity index (χ0v) is 15.8. The average molecular weight is 418 g/mol. The number of aliphatic carboxylic acids is 1. The normalized spacial score (nSPS) is 30.8. The van der Waals surface area contributed by atoms with Crippen LogP contribution in [-0.2, 0) is 16.0 Å². The quantitative estimate of drug-likeness (QED) is 0.476. The number of carboxylic acids is 1. The zero-order chi connectivity index (χ0) is 21.4. The van der Waals surface area contributed by atoms with E-state index < -0.39 is 36.7 Å². The fourth-order valence-electron chi connectivity index (χ4n) is 3.67. The number of hydrogen-bond donors (Lipinski definition) is 5. The van der Waals surface area contributed by atoms with E-state index in [0.717, 1.165) is 17.5 Å². The summed E-state index contributed by atoms with van der Waals surface area (Å²) in [6.07, 6.45) is -7.63. The molecule has 2 aromatic carbocycles. The summed E-state index contributed by atoms with van der Waals surface area (Å²) in [5.41, 5.74) is 1.99. The summed E-state index contributed by atoms with van der Waals surface area (Å²) in [4.78, 5) is 11.2. The Morgan fingerprint density at radius 3 is 2.43 bits per heavy atom. The van der Waals surface area contributed by atoms with Crippen LogP contribution in [0, 0.1) is 0 Å². The van der Waals surface area contributed by atoms with E-state index in [4.69, 9.17) is 19.3 Å². The highest BCUT2D eigenvalue weighted by Crippen LogP contribution is 2.36. The van der Waals surface area contributed by atoms with Crippen molar-refractivity contribution in [3.63, 3.8) is 0 Å². The minimum absolute atomic E-state index is 0.126. The van der Waals surface area contributed by atoms with Crippen LogP contribution in [0.5, 0.6) is 17.2 Å². The molecule has 0 aromatic heterocycles. The van der Waals surface area contributed by atoms with E-state index >= 15 is 0 Å². The molecule has 6 atom stereocenters. The van der Waals surface area contributed by atoms with Gasteiger partial charge < -0.3 is 39.7 Å². The Balaban J connectivity index is 1.47. The number of carbonyl (C=O) groups is 1. The third kappa shape index (κ3) is 3.92. The number of fused-ring (bicyclic) bond motifs is 1. The number of phenolic OH excluding ortho intramolecular Hbond substituents is 1. The summed E-state index contributed by atoms with van der Waals surface area (Å²) in [7, 11) is 0. The maximum absolute atomic E-state index is 11.2. The molecule has 0 radical (unpaired) electrons. The molecule has 9 heteroatoms. The van der Waals surface area contributed by atoms with E-state index in [1.807, 2.05) is 12.1 Å². The molecule has 0 saturated carbocycles. The number of hydrogen-bond acceptors (Lipinski definition) is 8. The van der Waals surface area contributed by atoms with Gasteiger partial charge in [-0.15, -0.1) is 0 Å². The molecule has 0 amide bonds. The number of aliphatic hydroxyl groups is 3. The minimum Gasteiger partial charge on any atom is -0.508 e. The molecule has 0 spiro atoms. The van der Waals surface area contributed by atoms with Gasteiger partial charge in [0.25, 0.3) is 0 Å². The van der Waals surface area contributed by atoms with Crippen molar-refractivity contribution < 1.29 is 44.5 Å². The van der Waals surface area contributed by atoms with Crippen LogP contribution < -0.4 is 9.47 Å². The van der Waals surface area contributed by atoms with Crippen LogP contribution >= 0.6 is 0 Å². The predicted octanol–water partition coefficient (Wildman–Crippen LogP) is 0.382. The van der Waals surface area contributed by atoms with Crippen LogP contribution in [0.1, 0.15) is 17.0 Å². The fraction of sp³-hybridized carbons (Fsp3) is 0.381. The summed E-state index contributed by atoms with van der Waals surface area (Å²) in [5, 5.41) is 48.3. The summed E-state index contributed by atoms with van der Waals surface area (Å²) in [5.74, 6) is -0.304. The highest BCUT2D eigenvalue weighted by molar-refractivity contribution is 5.73. The highest BCUT2D eigenvalue weighted by atomic mass is 16.7. The van der Waals surface area contributed by atoms with Gasteiger partial charge in [-0.3, -0.25) is 0 Å². The Bertz CT molecular complexity index is 913. The molecule has 2 aliphatic rings. The maximum Gasteiger partial charge on any atom is 0.335 e. The number of ether oxygens (including phenoxy) is 3. The van der Waals surface area contributed by atoms with Crippen molar-refractivity contribution in [3.05, 3.63) is 53.6 Å². The maximum atomic E-state index is 11.2. The number of aromatic hydroxyl groups is 1. The Hall–Kier alpha value is -2.85. The highest BCUT2D eigenvalue weighted by Gasteiger charge is 2.48. The number of benzene rings is 2. The standard InChI is InChI=1S/C21H22O9/c22-13-4-1-10(2-5-13)12-7-11-3-6-14(8-15(11)28-9-12)29-21-18(25)16(23)17(24)19(30-21)20(26)27/h1-6,8,12,16-19,21-25H,7,9H2,(H,26,27)/t12-,16+,17+,18-,19+,21-/m1/s1. The van der Waals surface area contributed by atoms with Crippen molar-refractivity contribution in [2.45, 2.75) is 43.0 Å². The first-order chi connectivity index (χ1) is 14.3. The first-order valence-electron chi connectivity index (χ1n) is 9.47. The molecule has 5 N–H and O–H groups in total. The molecule has 160 valence electrons. The number of phenols is 1. The summed E-state index contributed by atoms with van der Waals surface area (Å²) in [6.45, 7) is 0.426. The molecule has 2 aromatic rings. The van der Waals surface area contributed by atoms with E-state index in [9.17, 15) is 25.2 Å². The number of rotatable bonds is 4. The van der Waals surface area contributed by atoms with Crippen molar-refractivity contribution in [2.24, 2.45) is 0 Å². The van der Waals surface area contributed by atoms with Gasteiger partial charge in [0.1, 0.15) is 35.6 Å². The lowest BCUT2D eigenvalue weighted by Crippen LogP contribution is -2.61. The second-order valence-electron chi connectivity index (χ2n) is 7.43. The van der Waals surface area contributed by atoms with Crippen LogP contribution in [-0.4, -0.2) is 68.8 Å². The summed E-state index contributed by atoms with van der Waals surface area (Å²) >= 11 is 0. The lowest BCUT2D eigenvalue weighted by atomic mass is 9.90. The van der Waals surface area contributed by atoms with Gasteiger partial charge in [-0.05, 0) is 35.7 Å². The smallest absolute Gasteiger partial charge is 0.335 e. The topological polar surface area (TPSA) is 146 Å². The van der Waals surface area contributed by atoms with Gasteiger partial charge >= 0.3 is 5.97 Å². The SMILES string of the molecule is O=C(O)[C@H]1O[C@@H](Oc2ccc3c(c2)OC[C@H](c2ccc(O)cc2)C3)[C@H](O)[C@@H](O)[C@@H]1O. The number of carboxylic acid groups (broad SMARTS) is 1. The zero-order valence-electron chi connectivity index (χ0n) is 15.8. The van der Waals surface area contributed by atoms with E-state index in [1.165, 1.54) is 0 Å². The molecule has 0 aliphatic carbocycles. The molecule has 4 rings (SSSR count). The molecule has 2 heterocycles. The minimum atomic E-state index is -1.78. The molecular formula is C21H22O9. The Kier molecular flexibility index (Phi) is 5.52. The molecule has 1 fully saturated rings. The van der Waals surface area contributed by atoms with Gasteiger partial charge in [-0.2, -0.15) is 0 Å². The van der Waals surface area contributed by atoms with E-state index in [-0.39, 0.29) is 17.4 Å². The first kappa shape index (κ1) is 20.4. The van der Waals surface area contributed by atoms with Gasteiger partial charge in [-0.1, -0.05) is 18.2 Å². The lowest BCUT2D eigenvalue weighted by molar-refractivity contribution is -0.271. The van der Waals surface area contributed by atoms with Crippen molar-refractivity contribution in [1.29, 1.82) is 0 Å². The van der Waals surface area contributed by atoms with Gasteiger partial charge in [0.05, 0.1) is 6.61 Å². The van der Waals surface area contributed by atoms with Crippen LogP contribution in [0.25, 0.3) is 0 Å². The Morgan fingerprint density at radius 1 is 1.00 bits per heavy atom. The average Bonchev–Trinajstić information content (AvgIpc) is 2.74. The monoisotopic (exact) mass is 418 g/mol. The van der Waals surface area contributed by atoms with Gasteiger partial charge in [-0.25, -0.2) is 4.79 Å². The van der Waals surface area contributed by atoms with Crippen LogP contribution in [0.2, 0.25) is 0 Å². The predicted molar refractivity (Wildman–Crippen MR) is 101 cm³/mol. The van der Waals surface area contributed by atoms with Crippen molar-refractivity contribution in [3.8, 4) is 17.2 Å². The third-order valence-corrected chi connectivity index (χ3v) is 5.37. The van der Waals surface area contributed by atoms with Crippen LogP contribution in [0.15, 0.2) is 42.5 Å². The second-order valence-corrected chi connectivity index (χ2v) is 7.43. The molecule has 1 saturated heterocycles.